The van der Waals surface area contributed by atoms with Crippen LogP contribution >= 0.6 is 0 Å². The predicted octanol–water partition coefficient (Wildman–Crippen LogP) is 0.501. The smallest absolute Gasteiger partial charge is 0.319 e. The average Bonchev–Trinajstić information content (AvgIpc) is 2.12. The SMILES string of the molecule is Cc1noc(O)c1C=O. The number of carbonyl (C=O) groups excluding carboxylic acids is 1. The van der Waals surface area contributed by atoms with Gasteiger partial charge in [-0.3, -0.25) is 4.79 Å². The summed E-state index contributed by atoms with van der Waals surface area (Å²) in [6.07, 6.45) is 0.501. The van der Waals surface area contributed by atoms with Gasteiger partial charge in [0.05, 0.1) is 5.69 Å². The van der Waals surface area contributed by atoms with Gasteiger partial charge < -0.3 is 9.63 Å². The standard InChI is InChI=1S/C5H5NO3/c1-3-4(2-7)5(8)9-6-3/h2,8H,1H3. The van der Waals surface area contributed by atoms with E-state index in [-0.39, 0.29) is 5.56 Å². The molecule has 0 aliphatic heterocycles. The molecule has 0 fully saturated rings. The summed E-state index contributed by atoms with van der Waals surface area (Å²) in [5.74, 6) is -0.414. The highest BCUT2D eigenvalue weighted by molar-refractivity contribution is 5.78. The van der Waals surface area contributed by atoms with Crippen LogP contribution in [0.25, 0.3) is 0 Å². The highest BCUT2D eigenvalue weighted by Gasteiger charge is 2.08. The van der Waals surface area contributed by atoms with Crippen LogP contribution in [-0.2, 0) is 0 Å². The summed E-state index contributed by atoms with van der Waals surface area (Å²) >= 11 is 0. The monoisotopic (exact) mass is 127 g/mol. The van der Waals surface area contributed by atoms with E-state index in [1.807, 2.05) is 0 Å². The van der Waals surface area contributed by atoms with E-state index < -0.39 is 5.95 Å². The van der Waals surface area contributed by atoms with Crippen LogP contribution in [0, 0.1) is 6.92 Å². The molecule has 0 saturated carbocycles. The van der Waals surface area contributed by atoms with Crippen LogP contribution in [0.5, 0.6) is 5.95 Å². The second-order valence-electron chi connectivity index (χ2n) is 1.60. The first kappa shape index (κ1) is 5.81. The van der Waals surface area contributed by atoms with Crippen molar-refractivity contribution < 1.29 is 14.4 Å². The Morgan fingerprint density at radius 3 is 2.67 bits per heavy atom. The van der Waals surface area contributed by atoms with Gasteiger partial charge in [-0.25, -0.2) is 0 Å². The molecule has 0 spiro atoms. The number of aryl methyl sites for hydroxylation is 1. The van der Waals surface area contributed by atoms with E-state index in [0.29, 0.717) is 12.0 Å². The number of nitrogens with zero attached hydrogens (tertiary/aromatic N) is 1. The van der Waals surface area contributed by atoms with Crippen molar-refractivity contribution in [1.29, 1.82) is 0 Å². The first-order valence-corrected chi connectivity index (χ1v) is 2.36. The summed E-state index contributed by atoms with van der Waals surface area (Å²) in [6.45, 7) is 1.58. The maximum absolute atomic E-state index is 10.0. The Bertz CT molecular complexity index is 209. The molecule has 0 saturated heterocycles. The lowest BCUT2D eigenvalue weighted by atomic mass is 10.3. The van der Waals surface area contributed by atoms with Gasteiger partial charge in [0.25, 0.3) is 0 Å². The van der Waals surface area contributed by atoms with Gasteiger partial charge >= 0.3 is 5.95 Å². The number of aromatic nitrogens is 1. The minimum atomic E-state index is -0.414. The summed E-state index contributed by atoms with van der Waals surface area (Å²) in [4.78, 5) is 10.0. The maximum atomic E-state index is 10.0. The molecule has 0 amide bonds. The van der Waals surface area contributed by atoms with Crippen molar-refractivity contribution in [2.45, 2.75) is 6.92 Å². The highest BCUT2D eigenvalue weighted by atomic mass is 16.5. The molecule has 48 valence electrons. The molecule has 0 unspecified atom stereocenters. The van der Waals surface area contributed by atoms with E-state index in [4.69, 9.17) is 5.11 Å². The number of hydrogen-bond acceptors (Lipinski definition) is 4. The Morgan fingerprint density at radius 2 is 2.44 bits per heavy atom. The Kier molecular flexibility index (Phi) is 1.22. The van der Waals surface area contributed by atoms with E-state index in [9.17, 15) is 4.79 Å². The minimum Gasteiger partial charge on any atom is -0.479 e. The Hall–Kier alpha value is -1.32. The zero-order valence-electron chi connectivity index (χ0n) is 4.79. The van der Waals surface area contributed by atoms with Gasteiger partial charge in [-0.1, -0.05) is 5.16 Å². The maximum Gasteiger partial charge on any atom is 0.319 e. The third kappa shape index (κ3) is 0.782. The van der Waals surface area contributed by atoms with Gasteiger partial charge in [-0.2, -0.15) is 0 Å². The molecule has 0 aromatic carbocycles. The molecule has 0 aliphatic rings. The third-order valence-corrected chi connectivity index (χ3v) is 1.01. The van der Waals surface area contributed by atoms with Gasteiger partial charge in [-0.15, -0.1) is 0 Å². The largest absolute Gasteiger partial charge is 0.479 e. The topological polar surface area (TPSA) is 63.3 Å². The fourth-order valence-electron chi connectivity index (χ4n) is 0.500. The molecule has 4 heteroatoms. The second kappa shape index (κ2) is 1.89. The number of rotatable bonds is 1. The van der Waals surface area contributed by atoms with Crippen LogP contribution in [0.2, 0.25) is 0 Å². The van der Waals surface area contributed by atoms with Gasteiger partial charge in [0.15, 0.2) is 6.29 Å². The highest BCUT2D eigenvalue weighted by Crippen LogP contribution is 2.16. The molecule has 1 rings (SSSR count). The normalized spacial score (nSPS) is 9.44. The number of aromatic hydroxyl groups is 1. The molecule has 1 aromatic heterocycles. The fourth-order valence-corrected chi connectivity index (χ4v) is 0.500. The van der Waals surface area contributed by atoms with Crippen molar-refractivity contribution in [2.75, 3.05) is 0 Å². The molecule has 1 aromatic rings. The Morgan fingerprint density at radius 1 is 1.78 bits per heavy atom. The average molecular weight is 127 g/mol. The van der Waals surface area contributed by atoms with Crippen LogP contribution in [0.15, 0.2) is 4.52 Å². The lowest BCUT2D eigenvalue weighted by molar-refractivity contribution is 0.111. The molecule has 0 atom stereocenters. The van der Waals surface area contributed by atoms with Gasteiger partial charge in [0.2, 0.25) is 0 Å². The molecular weight excluding hydrogens is 122 g/mol. The predicted molar refractivity (Wildman–Crippen MR) is 28.3 cm³/mol. The third-order valence-electron chi connectivity index (χ3n) is 1.01. The van der Waals surface area contributed by atoms with Gasteiger partial charge in [0.1, 0.15) is 5.56 Å². The van der Waals surface area contributed by atoms with Crippen LogP contribution in [0.4, 0.5) is 0 Å². The second-order valence-corrected chi connectivity index (χ2v) is 1.60. The molecule has 4 nitrogen and oxygen atoms in total. The molecule has 9 heavy (non-hydrogen) atoms. The molecule has 1 N–H and O–H groups in total. The summed E-state index contributed by atoms with van der Waals surface area (Å²) in [5, 5.41) is 12.0. The lowest BCUT2D eigenvalue weighted by Crippen LogP contribution is -1.78. The summed E-state index contributed by atoms with van der Waals surface area (Å²) < 4.78 is 4.26. The molecule has 0 radical (unpaired) electrons. The molecular formula is C5H5NO3. The summed E-state index contributed by atoms with van der Waals surface area (Å²) in [6, 6.07) is 0. The van der Waals surface area contributed by atoms with Gasteiger partial charge in [-0.05, 0) is 6.92 Å². The quantitative estimate of drug-likeness (QED) is 0.558. The lowest BCUT2D eigenvalue weighted by Gasteiger charge is -1.78. The zero-order valence-corrected chi connectivity index (χ0v) is 4.79. The van der Waals surface area contributed by atoms with E-state index in [1.165, 1.54) is 0 Å². The molecule has 1 heterocycles. The van der Waals surface area contributed by atoms with Crippen LogP contribution in [-0.4, -0.2) is 16.5 Å². The van der Waals surface area contributed by atoms with E-state index in [2.05, 4.69) is 9.68 Å². The number of carbonyl (C=O) groups is 1. The first-order valence-electron chi connectivity index (χ1n) is 2.36. The molecule has 0 aliphatic carbocycles. The van der Waals surface area contributed by atoms with E-state index >= 15 is 0 Å². The number of hydrogen-bond donors (Lipinski definition) is 1. The minimum absolute atomic E-state index is 0.120. The Balaban J connectivity index is 3.22. The van der Waals surface area contributed by atoms with Crippen molar-refractivity contribution in [1.82, 2.24) is 5.16 Å². The van der Waals surface area contributed by atoms with Crippen molar-refractivity contribution in [2.24, 2.45) is 0 Å². The van der Waals surface area contributed by atoms with Crippen molar-refractivity contribution >= 4 is 6.29 Å². The number of aldehydes is 1. The summed E-state index contributed by atoms with van der Waals surface area (Å²) in [5.41, 5.74) is 0.525. The van der Waals surface area contributed by atoms with Crippen LogP contribution in [0.3, 0.4) is 0 Å². The molecule has 0 bridgehead atoms. The van der Waals surface area contributed by atoms with Gasteiger partial charge in [0, 0.05) is 0 Å². The van der Waals surface area contributed by atoms with Crippen molar-refractivity contribution in [3.05, 3.63) is 11.3 Å². The van der Waals surface area contributed by atoms with Crippen molar-refractivity contribution in [3.8, 4) is 5.95 Å². The van der Waals surface area contributed by atoms with Crippen LogP contribution < -0.4 is 0 Å². The fraction of sp³-hybridized carbons (Fsp3) is 0.200. The van der Waals surface area contributed by atoms with Crippen molar-refractivity contribution in [3.63, 3.8) is 0 Å². The summed E-state index contributed by atoms with van der Waals surface area (Å²) in [7, 11) is 0. The van der Waals surface area contributed by atoms with E-state index in [1.54, 1.807) is 6.92 Å². The zero-order chi connectivity index (χ0) is 6.85. The Labute approximate surface area is 51.1 Å². The first-order chi connectivity index (χ1) is 4.25. The van der Waals surface area contributed by atoms with E-state index in [0.717, 1.165) is 0 Å². The van der Waals surface area contributed by atoms with Crippen LogP contribution in [0.1, 0.15) is 16.1 Å².